The lowest BCUT2D eigenvalue weighted by atomic mass is 10.1. The summed E-state index contributed by atoms with van der Waals surface area (Å²) in [5, 5.41) is 4.66. The lowest BCUT2D eigenvalue weighted by Crippen LogP contribution is -2.12. The highest BCUT2D eigenvalue weighted by molar-refractivity contribution is 5.93. The number of nitrogens with one attached hydrogen (secondary N) is 1. The Morgan fingerprint density at radius 3 is 2.79 bits per heavy atom. The van der Waals surface area contributed by atoms with E-state index < -0.39 is 0 Å². The number of anilines is 2. The van der Waals surface area contributed by atoms with Crippen LogP contribution in [0.5, 0.6) is 0 Å². The zero-order chi connectivity index (χ0) is 19.3. The van der Waals surface area contributed by atoms with Gasteiger partial charge in [-0.1, -0.05) is 6.07 Å². The van der Waals surface area contributed by atoms with Crippen LogP contribution in [0.4, 0.5) is 11.5 Å². The Morgan fingerprint density at radius 1 is 1.14 bits per heavy atom. The maximum atomic E-state index is 4.89. The SMILES string of the molecule is C[C@@H](Nc1nc2nccn2c2ccc(N(C)C)cc12)c1cccc(C2CC2)n1. The van der Waals surface area contributed by atoms with E-state index in [4.69, 9.17) is 9.97 Å². The smallest absolute Gasteiger partial charge is 0.236 e. The number of benzene rings is 1. The maximum Gasteiger partial charge on any atom is 0.236 e. The fourth-order valence-electron chi connectivity index (χ4n) is 3.63. The second kappa shape index (κ2) is 6.48. The molecule has 5 rings (SSSR count). The van der Waals surface area contributed by atoms with Crippen LogP contribution in [0.2, 0.25) is 0 Å². The van der Waals surface area contributed by atoms with E-state index in [-0.39, 0.29) is 6.04 Å². The van der Waals surface area contributed by atoms with Gasteiger partial charge in [-0.2, -0.15) is 4.98 Å². The summed E-state index contributed by atoms with van der Waals surface area (Å²) >= 11 is 0. The lowest BCUT2D eigenvalue weighted by Gasteiger charge is -2.19. The first-order chi connectivity index (χ1) is 13.6. The second-order valence-corrected chi connectivity index (χ2v) is 7.78. The third-order valence-corrected chi connectivity index (χ3v) is 5.43. The Bertz CT molecular complexity index is 1160. The van der Waals surface area contributed by atoms with Crippen molar-refractivity contribution in [2.24, 2.45) is 0 Å². The molecule has 6 heteroatoms. The van der Waals surface area contributed by atoms with Crippen LogP contribution in [-0.4, -0.2) is 33.4 Å². The summed E-state index contributed by atoms with van der Waals surface area (Å²) in [4.78, 5) is 16.2. The quantitative estimate of drug-likeness (QED) is 0.563. The predicted octanol–water partition coefficient (Wildman–Crippen LogP) is 4.39. The molecule has 142 valence electrons. The van der Waals surface area contributed by atoms with Crippen LogP contribution >= 0.6 is 0 Å². The third-order valence-electron chi connectivity index (χ3n) is 5.43. The van der Waals surface area contributed by atoms with Gasteiger partial charge in [-0.05, 0) is 50.1 Å². The number of aromatic nitrogens is 4. The van der Waals surface area contributed by atoms with Gasteiger partial charge in [0, 0.05) is 49.2 Å². The van der Waals surface area contributed by atoms with E-state index in [1.165, 1.54) is 18.5 Å². The van der Waals surface area contributed by atoms with E-state index in [2.05, 4.69) is 58.5 Å². The zero-order valence-electron chi connectivity index (χ0n) is 16.4. The molecule has 4 aromatic rings. The molecule has 1 aliphatic carbocycles. The first-order valence-electron chi connectivity index (χ1n) is 9.77. The van der Waals surface area contributed by atoms with Gasteiger partial charge in [0.2, 0.25) is 5.78 Å². The van der Waals surface area contributed by atoms with Crippen LogP contribution in [0, 0.1) is 0 Å². The Hall–Kier alpha value is -3.15. The van der Waals surface area contributed by atoms with E-state index in [0.717, 1.165) is 28.1 Å². The normalized spacial score (nSPS) is 15.1. The van der Waals surface area contributed by atoms with Crippen LogP contribution in [-0.2, 0) is 0 Å². The fourth-order valence-corrected chi connectivity index (χ4v) is 3.63. The molecule has 0 radical (unpaired) electrons. The average molecular weight is 372 g/mol. The maximum absolute atomic E-state index is 4.89. The monoisotopic (exact) mass is 372 g/mol. The molecule has 3 heterocycles. The summed E-state index contributed by atoms with van der Waals surface area (Å²) < 4.78 is 2.02. The molecule has 0 spiro atoms. The highest BCUT2D eigenvalue weighted by Gasteiger charge is 2.25. The van der Waals surface area contributed by atoms with E-state index >= 15 is 0 Å². The molecule has 0 aliphatic heterocycles. The topological polar surface area (TPSA) is 58.4 Å². The zero-order valence-corrected chi connectivity index (χ0v) is 16.4. The Kier molecular flexibility index (Phi) is 3.93. The van der Waals surface area contributed by atoms with Crippen molar-refractivity contribution in [3.05, 3.63) is 60.2 Å². The summed E-state index contributed by atoms with van der Waals surface area (Å²) in [5.41, 5.74) is 4.48. The molecule has 0 amide bonds. The van der Waals surface area contributed by atoms with Gasteiger partial charge in [-0.25, -0.2) is 4.98 Å². The van der Waals surface area contributed by atoms with E-state index in [1.54, 1.807) is 6.20 Å². The van der Waals surface area contributed by atoms with Crippen molar-refractivity contribution in [2.45, 2.75) is 31.7 Å². The first kappa shape index (κ1) is 17.0. The predicted molar refractivity (Wildman–Crippen MR) is 113 cm³/mol. The summed E-state index contributed by atoms with van der Waals surface area (Å²) in [6.45, 7) is 2.14. The molecule has 1 N–H and O–H groups in total. The van der Waals surface area contributed by atoms with Crippen molar-refractivity contribution in [2.75, 3.05) is 24.3 Å². The number of nitrogens with zero attached hydrogens (tertiary/aromatic N) is 5. The Morgan fingerprint density at radius 2 is 2.00 bits per heavy atom. The molecule has 1 aromatic carbocycles. The molecule has 0 bridgehead atoms. The molecule has 1 fully saturated rings. The minimum atomic E-state index is 0.0508. The number of imidazole rings is 1. The van der Waals surface area contributed by atoms with Gasteiger partial charge < -0.3 is 10.2 Å². The van der Waals surface area contributed by atoms with Gasteiger partial charge in [-0.3, -0.25) is 9.38 Å². The van der Waals surface area contributed by atoms with E-state index in [9.17, 15) is 0 Å². The molecular weight excluding hydrogens is 348 g/mol. The molecule has 6 nitrogen and oxygen atoms in total. The summed E-state index contributed by atoms with van der Waals surface area (Å²) in [6, 6.07) is 12.8. The fraction of sp³-hybridized carbons (Fsp3) is 0.318. The third kappa shape index (κ3) is 2.95. The highest BCUT2D eigenvalue weighted by atomic mass is 15.1. The van der Waals surface area contributed by atoms with Gasteiger partial charge in [0.25, 0.3) is 0 Å². The number of fused-ring (bicyclic) bond motifs is 3. The van der Waals surface area contributed by atoms with Gasteiger partial charge >= 0.3 is 0 Å². The largest absolute Gasteiger partial charge is 0.378 e. The molecule has 1 atom stereocenters. The number of rotatable bonds is 5. The van der Waals surface area contributed by atoms with Crippen molar-refractivity contribution in [1.29, 1.82) is 0 Å². The average Bonchev–Trinajstić information content (AvgIpc) is 3.45. The molecule has 28 heavy (non-hydrogen) atoms. The Balaban J connectivity index is 1.58. The standard InChI is InChI=1S/C22H24N6/c1-14(18-5-4-6-19(25-18)15-7-8-15)24-21-17-13-16(27(2)3)9-10-20(17)28-12-11-23-22(28)26-21/h4-6,9-15H,7-8H2,1-3H3,(H,23,24,26)/t14-/m1/s1. The van der Waals surface area contributed by atoms with Gasteiger partial charge in [0.15, 0.2) is 0 Å². The van der Waals surface area contributed by atoms with Crippen LogP contribution in [0.1, 0.15) is 43.1 Å². The molecule has 1 aliphatic rings. The Labute approximate surface area is 164 Å². The number of pyridine rings is 1. The lowest BCUT2D eigenvalue weighted by molar-refractivity contribution is 0.815. The second-order valence-electron chi connectivity index (χ2n) is 7.78. The molecule has 3 aromatic heterocycles. The van der Waals surface area contributed by atoms with Crippen molar-refractivity contribution in [3.63, 3.8) is 0 Å². The number of hydrogen-bond donors (Lipinski definition) is 1. The van der Waals surface area contributed by atoms with Crippen molar-refractivity contribution >= 4 is 28.2 Å². The molecule has 0 saturated heterocycles. The van der Waals surface area contributed by atoms with E-state index in [0.29, 0.717) is 11.7 Å². The van der Waals surface area contributed by atoms with E-state index in [1.807, 2.05) is 24.7 Å². The van der Waals surface area contributed by atoms with Gasteiger partial charge in [-0.15, -0.1) is 0 Å². The summed E-state index contributed by atoms with van der Waals surface area (Å²) in [5.74, 6) is 2.18. The molecule has 1 saturated carbocycles. The summed E-state index contributed by atoms with van der Waals surface area (Å²) in [7, 11) is 4.10. The molecule has 0 unspecified atom stereocenters. The minimum Gasteiger partial charge on any atom is -0.378 e. The number of hydrogen-bond acceptors (Lipinski definition) is 5. The highest BCUT2D eigenvalue weighted by Crippen LogP contribution is 2.39. The van der Waals surface area contributed by atoms with Crippen molar-refractivity contribution < 1.29 is 0 Å². The first-order valence-corrected chi connectivity index (χ1v) is 9.77. The summed E-state index contributed by atoms with van der Waals surface area (Å²) in [6.07, 6.45) is 6.26. The van der Waals surface area contributed by atoms with Gasteiger partial charge in [0.1, 0.15) is 5.82 Å². The van der Waals surface area contributed by atoms with Crippen LogP contribution in [0.3, 0.4) is 0 Å². The minimum absolute atomic E-state index is 0.0508. The van der Waals surface area contributed by atoms with Gasteiger partial charge in [0.05, 0.1) is 17.3 Å². The van der Waals surface area contributed by atoms with Crippen molar-refractivity contribution in [1.82, 2.24) is 19.4 Å². The van der Waals surface area contributed by atoms with Crippen LogP contribution in [0.25, 0.3) is 16.7 Å². The van der Waals surface area contributed by atoms with Crippen LogP contribution in [0.15, 0.2) is 48.8 Å². The molecular formula is C22H24N6. The van der Waals surface area contributed by atoms with Crippen LogP contribution < -0.4 is 10.2 Å². The van der Waals surface area contributed by atoms with Crippen molar-refractivity contribution in [3.8, 4) is 0 Å².